The third-order valence-electron chi connectivity index (χ3n) is 2.74. The lowest BCUT2D eigenvalue weighted by Gasteiger charge is -2.20. The first kappa shape index (κ1) is 15.9. The van der Waals surface area contributed by atoms with E-state index in [1.807, 2.05) is 0 Å². The van der Waals surface area contributed by atoms with Gasteiger partial charge in [-0.15, -0.1) is 0 Å². The van der Waals surface area contributed by atoms with E-state index in [0.29, 0.717) is 6.04 Å². The van der Waals surface area contributed by atoms with Gasteiger partial charge in [-0.25, -0.2) is 0 Å². The molecule has 98 valence electrons. The maximum absolute atomic E-state index is 5.71. The molecular weight excluding hydrogens is 196 g/mol. The Balaban J connectivity index is 3.05. The Bertz CT molecular complexity index is 147. The highest BCUT2D eigenvalue weighted by molar-refractivity contribution is 4.69. The smallest absolute Gasteiger partial charge is 0.00965 e. The van der Waals surface area contributed by atoms with Crippen molar-refractivity contribution in [2.75, 3.05) is 6.54 Å². The Morgan fingerprint density at radius 3 is 1.94 bits per heavy atom. The minimum atomic E-state index is 0.275. The second-order valence-corrected chi connectivity index (χ2v) is 6.06. The lowest BCUT2D eigenvalue weighted by Crippen LogP contribution is -2.36. The predicted molar refractivity (Wildman–Crippen MR) is 73.7 cm³/mol. The average Bonchev–Trinajstić information content (AvgIpc) is 2.13. The highest BCUT2D eigenvalue weighted by Crippen LogP contribution is 2.08. The first-order chi connectivity index (χ1) is 7.42. The molecule has 0 aromatic carbocycles. The van der Waals surface area contributed by atoms with Crippen molar-refractivity contribution >= 4 is 0 Å². The van der Waals surface area contributed by atoms with Crippen LogP contribution >= 0.6 is 0 Å². The lowest BCUT2D eigenvalue weighted by atomic mass is 10.1. The number of hydrogen-bond acceptors (Lipinski definition) is 2. The Hall–Kier alpha value is -0.0800. The maximum Gasteiger partial charge on any atom is 0.00965 e. The molecule has 0 aliphatic heterocycles. The van der Waals surface area contributed by atoms with Gasteiger partial charge in [0.05, 0.1) is 0 Å². The fourth-order valence-electron chi connectivity index (χ4n) is 1.76. The summed E-state index contributed by atoms with van der Waals surface area (Å²) >= 11 is 0. The standard InChI is InChI=1S/C14H32N2/c1-13(15)11-9-7-5-6-8-10-12-16-14(2,3)4/h13,16H,5-12,15H2,1-4H3. The lowest BCUT2D eigenvalue weighted by molar-refractivity contribution is 0.415. The Labute approximate surface area is 102 Å². The van der Waals surface area contributed by atoms with E-state index in [1.165, 1.54) is 44.9 Å². The average molecular weight is 228 g/mol. The van der Waals surface area contributed by atoms with Crippen LogP contribution < -0.4 is 11.1 Å². The van der Waals surface area contributed by atoms with Gasteiger partial charge >= 0.3 is 0 Å². The highest BCUT2D eigenvalue weighted by atomic mass is 14.9. The molecule has 0 saturated carbocycles. The van der Waals surface area contributed by atoms with Crippen molar-refractivity contribution in [3.05, 3.63) is 0 Å². The van der Waals surface area contributed by atoms with Crippen LogP contribution in [0.5, 0.6) is 0 Å². The Morgan fingerprint density at radius 2 is 1.44 bits per heavy atom. The molecule has 0 rings (SSSR count). The number of unbranched alkanes of at least 4 members (excludes halogenated alkanes) is 5. The van der Waals surface area contributed by atoms with E-state index in [2.05, 4.69) is 33.0 Å². The van der Waals surface area contributed by atoms with Gasteiger partial charge in [-0.1, -0.05) is 32.1 Å². The van der Waals surface area contributed by atoms with Crippen molar-refractivity contribution in [2.24, 2.45) is 5.73 Å². The zero-order valence-corrected chi connectivity index (χ0v) is 11.8. The molecule has 0 heterocycles. The summed E-state index contributed by atoms with van der Waals surface area (Å²) in [6.07, 6.45) is 9.27. The fraction of sp³-hybridized carbons (Fsp3) is 1.00. The van der Waals surface area contributed by atoms with Crippen molar-refractivity contribution in [1.82, 2.24) is 5.32 Å². The van der Waals surface area contributed by atoms with E-state index in [4.69, 9.17) is 5.73 Å². The summed E-state index contributed by atoms with van der Waals surface area (Å²) in [7, 11) is 0. The van der Waals surface area contributed by atoms with Crippen molar-refractivity contribution in [3.63, 3.8) is 0 Å². The number of nitrogens with two attached hydrogens (primary N) is 1. The van der Waals surface area contributed by atoms with Gasteiger partial charge in [-0.05, 0) is 47.1 Å². The summed E-state index contributed by atoms with van der Waals surface area (Å²) in [5.41, 5.74) is 5.98. The van der Waals surface area contributed by atoms with E-state index in [1.54, 1.807) is 0 Å². The summed E-state index contributed by atoms with van der Waals surface area (Å²) < 4.78 is 0. The molecule has 0 saturated heterocycles. The van der Waals surface area contributed by atoms with E-state index >= 15 is 0 Å². The molecule has 0 aliphatic carbocycles. The van der Waals surface area contributed by atoms with Gasteiger partial charge < -0.3 is 11.1 Å². The number of nitrogens with one attached hydrogen (secondary N) is 1. The number of rotatable bonds is 9. The minimum Gasteiger partial charge on any atom is -0.328 e. The van der Waals surface area contributed by atoms with Gasteiger partial charge in [-0.2, -0.15) is 0 Å². The quantitative estimate of drug-likeness (QED) is 0.593. The van der Waals surface area contributed by atoms with Gasteiger partial charge in [0.2, 0.25) is 0 Å². The molecule has 2 heteroatoms. The van der Waals surface area contributed by atoms with Gasteiger partial charge in [-0.3, -0.25) is 0 Å². The summed E-state index contributed by atoms with van der Waals surface area (Å²) in [4.78, 5) is 0. The van der Waals surface area contributed by atoms with Crippen molar-refractivity contribution in [2.45, 2.75) is 84.2 Å². The van der Waals surface area contributed by atoms with Crippen LogP contribution in [0.4, 0.5) is 0 Å². The predicted octanol–water partition coefficient (Wildman–Crippen LogP) is 3.45. The summed E-state index contributed by atoms with van der Waals surface area (Å²) in [5.74, 6) is 0. The molecule has 0 bridgehead atoms. The van der Waals surface area contributed by atoms with Crippen LogP contribution in [0.1, 0.15) is 72.6 Å². The molecule has 0 amide bonds. The monoisotopic (exact) mass is 228 g/mol. The molecular formula is C14H32N2. The van der Waals surface area contributed by atoms with Crippen LogP contribution in [-0.4, -0.2) is 18.1 Å². The zero-order chi connectivity index (χ0) is 12.4. The molecule has 2 nitrogen and oxygen atoms in total. The molecule has 1 unspecified atom stereocenters. The maximum atomic E-state index is 5.71. The second-order valence-electron chi connectivity index (χ2n) is 6.06. The van der Waals surface area contributed by atoms with Crippen LogP contribution in [0.2, 0.25) is 0 Å². The number of hydrogen-bond donors (Lipinski definition) is 2. The van der Waals surface area contributed by atoms with Crippen LogP contribution in [0.25, 0.3) is 0 Å². The molecule has 0 spiro atoms. The van der Waals surface area contributed by atoms with Crippen LogP contribution in [0, 0.1) is 0 Å². The van der Waals surface area contributed by atoms with E-state index < -0.39 is 0 Å². The molecule has 1 atom stereocenters. The SMILES string of the molecule is CC(N)CCCCCCCCNC(C)(C)C. The van der Waals surface area contributed by atoms with Gasteiger partial charge in [0.15, 0.2) is 0 Å². The van der Waals surface area contributed by atoms with Crippen molar-refractivity contribution in [3.8, 4) is 0 Å². The Kier molecular flexibility index (Phi) is 8.96. The molecule has 0 aromatic rings. The minimum absolute atomic E-state index is 0.275. The largest absolute Gasteiger partial charge is 0.328 e. The highest BCUT2D eigenvalue weighted by Gasteiger charge is 2.06. The molecule has 0 aliphatic rings. The van der Waals surface area contributed by atoms with Crippen LogP contribution in [0.3, 0.4) is 0 Å². The summed E-state index contributed by atoms with van der Waals surface area (Å²) in [6, 6.07) is 0.385. The van der Waals surface area contributed by atoms with Gasteiger partial charge in [0, 0.05) is 11.6 Å². The first-order valence-corrected chi connectivity index (χ1v) is 6.92. The fourth-order valence-corrected chi connectivity index (χ4v) is 1.76. The van der Waals surface area contributed by atoms with Gasteiger partial charge in [0.1, 0.15) is 0 Å². The molecule has 3 N–H and O–H groups in total. The molecule has 0 radical (unpaired) electrons. The Morgan fingerprint density at radius 1 is 0.938 bits per heavy atom. The van der Waals surface area contributed by atoms with E-state index in [9.17, 15) is 0 Å². The van der Waals surface area contributed by atoms with E-state index in [-0.39, 0.29) is 5.54 Å². The van der Waals surface area contributed by atoms with Crippen molar-refractivity contribution < 1.29 is 0 Å². The zero-order valence-electron chi connectivity index (χ0n) is 11.8. The molecule has 16 heavy (non-hydrogen) atoms. The third-order valence-corrected chi connectivity index (χ3v) is 2.74. The second kappa shape index (κ2) is 9.00. The topological polar surface area (TPSA) is 38.0 Å². The summed E-state index contributed by atoms with van der Waals surface area (Å²) in [5, 5.41) is 3.52. The van der Waals surface area contributed by atoms with E-state index in [0.717, 1.165) is 6.54 Å². The molecule has 0 aromatic heterocycles. The first-order valence-electron chi connectivity index (χ1n) is 6.92. The van der Waals surface area contributed by atoms with Crippen LogP contribution in [0.15, 0.2) is 0 Å². The summed E-state index contributed by atoms with van der Waals surface area (Å²) in [6.45, 7) is 9.92. The molecule has 0 fully saturated rings. The van der Waals surface area contributed by atoms with Gasteiger partial charge in [0.25, 0.3) is 0 Å². The third kappa shape index (κ3) is 13.9. The normalized spacial score (nSPS) is 14.1. The van der Waals surface area contributed by atoms with Crippen molar-refractivity contribution in [1.29, 1.82) is 0 Å². The van der Waals surface area contributed by atoms with Crippen LogP contribution in [-0.2, 0) is 0 Å².